The smallest absolute Gasteiger partial charge is 0.115 e. The predicted molar refractivity (Wildman–Crippen MR) is 75.7 cm³/mol. The van der Waals surface area contributed by atoms with Gasteiger partial charge in [0.15, 0.2) is 0 Å². The van der Waals surface area contributed by atoms with Crippen molar-refractivity contribution in [3.8, 4) is 0 Å². The summed E-state index contributed by atoms with van der Waals surface area (Å²) >= 11 is 0. The molecule has 2 N–H and O–H groups in total. The first kappa shape index (κ1) is 14.1. The molecule has 96 valence electrons. The lowest BCUT2D eigenvalue weighted by atomic mass is 9.91. The SMILES string of the molecule is C/C=C(O)/C=C(\C(O)=C/C)C(C)c1ccccc1. The zero-order valence-electron chi connectivity index (χ0n) is 11.1. The largest absolute Gasteiger partial charge is 0.508 e. The Kier molecular flexibility index (Phi) is 5.25. The van der Waals surface area contributed by atoms with Gasteiger partial charge in [-0.25, -0.2) is 0 Å². The summed E-state index contributed by atoms with van der Waals surface area (Å²) < 4.78 is 0. The molecule has 0 radical (unpaired) electrons. The number of benzene rings is 1. The Hall–Kier alpha value is -1.96. The number of aliphatic hydroxyl groups excluding tert-OH is 2. The molecule has 0 amide bonds. The number of aliphatic hydroxyl groups is 2. The van der Waals surface area contributed by atoms with Gasteiger partial charge in [0.1, 0.15) is 11.5 Å². The van der Waals surface area contributed by atoms with Crippen molar-refractivity contribution in [3.63, 3.8) is 0 Å². The lowest BCUT2D eigenvalue weighted by molar-refractivity contribution is 0.407. The highest BCUT2D eigenvalue weighted by atomic mass is 16.3. The summed E-state index contributed by atoms with van der Waals surface area (Å²) in [4.78, 5) is 0. The minimum absolute atomic E-state index is 0.0181. The third kappa shape index (κ3) is 3.52. The van der Waals surface area contributed by atoms with Gasteiger partial charge in [0, 0.05) is 11.5 Å². The van der Waals surface area contributed by atoms with Crippen molar-refractivity contribution in [2.45, 2.75) is 26.7 Å². The molecule has 0 aliphatic rings. The van der Waals surface area contributed by atoms with E-state index in [-0.39, 0.29) is 17.4 Å². The average Bonchev–Trinajstić information content (AvgIpc) is 2.43. The van der Waals surface area contributed by atoms with Gasteiger partial charge < -0.3 is 10.2 Å². The molecule has 1 aromatic carbocycles. The molecule has 0 aliphatic heterocycles. The van der Waals surface area contributed by atoms with Gasteiger partial charge >= 0.3 is 0 Å². The van der Waals surface area contributed by atoms with Gasteiger partial charge in [-0.2, -0.15) is 0 Å². The monoisotopic (exact) mass is 244 g/mol. The summed E-state index contributed by atoms with van der Waals surface area (Å²) in [5.74, 6) is 0.366. The van der Waals surface area contributed by atoms with Gasteiger partial charge in [0.05, 0.1) is 0 Å². The molecule has 1 rings (SSSR count). The van der Waals surface area contributed by atoms with E-state index in [2.05, 4.69) is 0 Å². The second-order valence-electron chi connectivity index (χ2n) is 4.12. The Labute approximate surface area is 109 Å². The number of hydrogen-bond donors (Lipinski definition) is 2. The molecule has 18 heavy (non-hydrogen) atoms. The van der Waals surface area contributed by atoms with Crippen LogP contribution in [-0.4, -0.2) is 10.2 Å². The van der Waals surface area contributed by atoms with Crippen LogP contribution in [0.4, 0.5) is 0 Å². The molecule has 0 aliphatic carbocycles. The van der Waals surface area contributed by atoms with Crippen LogP contribution in [-0.2, 0) is 0 Å². The normalized spacial score (nSPS) is 15.6. The number of hydrogen-bond acceptors (Lipinski definition) is 2. The zero-order valence-corrected chi connectivity index (χ0v) is 11.1. The Morgan fingerprint density at radius 2 is 1.67 bits per heavy atom. The molecule has 2 heteroatoms. The third-order valence-electron chi connectivity index (χ3n) is 2.93. The molecule has 0 heterocycles. The maximum Gasteiger partial charge on any atom is 0.115 e. The minimum atomic E-state index is 0.0181. The van der Waals surface area contributed by atoms with Crippen LogP contribution >= 0.6 is 0 Å². The Morgan fingerprint density at radius 1 is 1.06 bits per heavy atom. The van der Waals surface area contributed by atoms with Crippen molar-refractivity contribution < 1.29 is 10.2 Å². The van der Waals surface area contributed by atoms with Crippen LogP contribution in [0.15, 0.2) is 65.7 Å². The first-order chi connectivity index (χ1) is 8.60. The van der Waals surface area contributed by atoms with E-state index in [9.17, 15) is 10.2 Å². The zero-order chi connectivity index (χ0) is 13.5. The Balaban J connectivity index is 3.17. The van der Waals surface area contributed by atoms with E-state index in [1.54, 1.807) is 32.1 Å². The standard InChI is InChI=1S/C16H20O2/c1-4-14(17)11-15(16(18)5-2)12(3)13-9-7-6-8-10-13/h4-12,17-18H,1-3H3/b14-4-,15-11-,16-5+. The predicted octanol–water partition coefficient (Wildman–Crippen LogP) is 4.64. The van der Waals surface area contributed by atoms with Gasteiger partial charge in [-0.15, -0.1) is 0 Å². The molecule has 1 atom stereocenters. The van der Waals surface area contributed by atoms with E-state index in [0.717, 1.165) is 5.56 Å². The van der Waals surface area contributed by atoms with Crippen LogP contribution in [0.2, 0.25) is 0 Å². The lowest BCUT2D eigenvalue weighted by Crippen LogP contribution is -2.02. The molecule has 0 fully saturated rings. The van der Waals surface area contributed by atoms with Crippen molar-refractivity contribution in [1.82, 2.24) is 0 Å². The number of allylic oxidation sites excluding steroid dienone is 4. The van der Waals surface area contributed by atoms with Crippen LogP contribution in [0, 0.1) is 0 Å². The Morgan fingerprint density at radius 3 is 2.17 bits per heavy atom. The highest BCUT2D eigenvalue weighted by Gasteiger charge is 2.14. The van der Waals surface area contributed by atoms with Gasteiger partial charge in [0.25, 0.3) is 0 Å². The fourth-order valence-electron chi connectivity index (χ4n) is 1.75. The van der Waals surface area contributed by atoms with E-state index in [0.29, 0.717) is 5.57 Å². The summed E-state index contributed by atoms with van der Waals surface area (Å²) in [5.41, 5.74) is 1.81. The molecule has 1 aromatic rings. The highest BCUT2D eigenvalue weighted by molar-refractivity contribution is 5.40. The summed E-state index contributed by atoms with van der Waals surface area (Å²) in [6.45, 7) is 5.53. The van der Waals surface area contributed by atoms with Crippen LogP contribution in [0.3, 0.4) is 0 Å². The molecule has 2 nitrogen and oxygen atoms in total. The van der Waals surface area contributed by atoms with E-state index in [1.165, 1.54) is 0 Å². The van der Waals surface area contributed by atoms with Crippen LogP contribution < -0.4 is 0 Å². The fourth-order valence-corrected chi connectivity index (χ4v) is 1.75. The summed E-state index contributed by atoms with van der Waals surface area (Å²) in [6, 6.07) is 9.90. The first-order valence-corrected chi connectivity index (χ1v) is 6.07. The van der Waals surface area contributed by atoms with E-state index in [1.807, 2.05) is 37.3 Å². The van der Waals surface area contributed by atoms with E-state index < -0.39 is 0 Å². The van der Waals surface area contributed by atoms with Crippen molar-refractivity contribution in [2.75, 3.05) is 0 Å². The van der Waals surface area contributed by atoms with Gasteiger partial charge in [-0.05, 0) is 37.6 Å². The molecule has 1 unspecified atom stereocenters. The maximum atomic E-state index is 9.95. The quantitative estimate of drug-likeness (QED) is 0.598. The second kappa shape index (κ2) is 6.70. The van der Waals surface area contributed by atoms with E-state index >= 15 is 0 Å². The second-order valence-corrected chi connectivity index (χ2v) is 4.12. The number of rotatable bonds is 4. The molecular weight excluding hydrogens is 224 g/mol. The first-order valence-electron chi connectivity index (χ1n) is 6.07. The molecule has 0 spiro atoms. The topological polar surface area (TPSA) is 40.5 Å². The van der Waals surface area contributed by atoms with Crippen LogP contribution in [0.5, 0.6) is 0 Å². The molecule has 0 saturated heterocycles. The summed E-state index contributed by atoms with van der Waals surface area (Å²) in [5, 5.41) is 19.6. The average molecular weight is 244 g/mol. The molecule has 0 bridgehead atoms. The van der Waals surface area contributed by atoms with E-state index in [4.69, 9.17) is 0 Å². The van der Waals surface area contributed by atoms with Crippen molar-refractivity contribution in [2.24, 2.45) is 0 Å². The van der Waals surface area contributed by atoms with Crippen molar-refractivity contribution in [1.29, 1.82) is 0 Å². The summed E-state index contributed by atoms with van der Waals surface area (Å²) in [7, 11) is 0. The highest BCUT2D eigenvalue weighted by Crippen LogP contribution is 2.28. The Bertz CT molecular complexity index is 467. The van der Waals surface area contributed by atoms with Crippen molar-refractivity contribution >= 4 is 0 Å². The van der Waals surface area contributed by atoms with Crippen LogP contribution in [0.25, 0.3) is 0 Å². The summed E-state index contributed by atoms with van der Waals surface area (Å²) in [6.07, 6.45) is 4.84. The fraction of sp³-hybridized carbons (Fsp3) is 0.250. The van der Waals surface area contributed by atoms with Crippen molar-refractivity contribution in [3.05, 3.63) is 71.2 Å². The van der Waals surface area contributed by atoms with Crippen LogP contribution in [0.1, 0.15) is 32.3 Å². The third-order valence-corrected chi connectivity index (χ3v) is 2.93. The maximum absolute atomic E-state index is 9.95. The van der Waals surface area contributed by atoms with Gasteiger partial charge in [0.2, 0.25) is 0 Å². The van der Waals surface area contributed by atoms with Gasteiger partial charge in [-0.1, -0.05) is 37.3 Å². The minimum Gasteiger partial charge on any atom is -0.508 e. The molecular formula is C16H20O2. The molecule has 0 aromatic heterocycles. The molecule has 0 saturated carbocycles. The van der Waals surface area contributed by atoms with Gasteiger partial charge in [-0.3, -0.25) is 0 Å². The lowest BCUT2D eigenvalue weighted by Gasteiger charge is -2.16.